The molecule has 0 saturated carbocycles. The molecule has 7 heteroatoms. The minimum atomic E-state index is -0.926. The van der Waals surface area contributed by atoms with Crippen molar-refractivity contribution in [3.8, 4) is 0 Å². The highest BCUT2D eigenvalue weighted by Gasteiger charge is 2.31. The number of carbonyl (C=O) groups is 2. The number of nitrogens with zero attached hydrogens (tertiary/aromatic N) is 1. The summed E-state index contributed by atoms with van der Waals surface area (Å²) in [5, 5.41) is 11.5. The standard InChI is InChI=1S/C13H14BrFN2O3/c14-8-3-4-10(9(15)6-8)16-12(18)7-17-5-1-2-11(17)13(19)20/h3-4,6,11H,1-2,5,7H2,(H,16,18)(H,19,20). The predicted octanol–water partition coefficient (Wildman–Crippen LogP) is 2.08. The maximum Gasteiger partial charge on any atom is 0.320 e. The normalized spacial score (nSPS) is 19.0. The minimum absolute atomic E-state index is 0.0491. The smallest absolute Gasteiger partial charge is 0.320 e. The van der Waals surface area contributed by atoms with E-state index in [1.54, 1.807) is 11.0 Å². The Labute approximate surface area is 123 Å². The summed E-state index contributed by atoms with van der Waals surface area (Å²) >= 11 is 3.13. The van der Waals surface area contributed by atoms with Gasteiger partial charge in [0.15, 0.2) is 0 Å². The fraction of sp³-hybridized carbons (Fsp3) is 0.385. The third kappa shape index (κ3) is 3.55. The van der Waals surface area contributed by atoms with Crippen molar-refractivity contribution in [3.63, 3.8) is 0 Å². The molecule has 1 aromatic carbocycles. The Morgan fingerprint density at radius 2 is 2.25 bits per heavy atom. The van der Waals surface area contributed by atoms with Crippen molar-refractivity contribution < 1.29 is 19.1 Å². The quantitative estimate of drug-likeness (QED) is 0.877. The second kappa shape index (κ2) is 6.32. The van der Waals surface area contributed by atoms with Crippen LogP contribution in [0.1, 0.15) is 12.8 Å². The number of rotatable bonds is 4. The van der Waals surface area contributed by atoms with E-state index < -0.39 is 23.7 Å². The van der Waals surface area contributed by atoms with Gasteiger partial charge in [-0.25, -0.2) is 4.39 Å². The van der Waals surface area contributed by atoms with E-state index in [-0.39, 0.29) is 12.2 Å². The summed E-state index contributed by atoms with van der Waals surface area (Å²) in [6, 6.07) is 3.70. The van der Waals surface area contributed by atoms with Crippen LogP contribution in [0.15, 0.2) is 22.7 Å². The van der Waals surface area contributed by atoms with Gasteiger partial charge in [-0.3, -0.25) is 14.5 Å². The summed E-state index contributed by atoms with van der Waals surface area (Å²) in [5.41, 5.74) is 0.0873. The van der Waals surface area contributed by atoms with Crippen LogP contribution in [0.5, 0.6) is 0 Å². The lowest BCUT2D eigenvalue weighted by Crippen LogP contribution is -2.41. The van der Waals surface area contributed by atoms with Crippen LogP contribution in [0, 0.1) is 5.82 Å². The summed E-state index contributed by atoms with van der Waals surface area (Å²) in [5.74, 6) is -1.88. The zero-order chi connectivity index (χ0) is 14.7. The molecule has 1 aromatic rings. The topological polar surface area (TPSA) is 69.6 Å². The van der Waals surface area contributed by atoms with E-state index in [0.29, 0.717) is 17.4 Å². The molecule has 0 radical (unpaired) electrons. The summed E-state index contributed by atoms with van der Waals surface area (Å²) in [7, 11) is 0. The van der Waals surface area contributed by atoms with Gasteiger partial charge in [0.05, 0.1) is 12.2 Å². The van der Waals surface area contributed by atoms with Gasteiger partial charge in [0.2, 0.25) is 5.91 Å². The number of carboxylic acids is 1. The number of hydrogen-bond acceptors (Lipinski definition) is 3. The first-order valence-corrected chi connectivity index (χ1v) is 6.98. The molecule has 5 nitrogen and oxygen atoms in total. The lowest BCUT2D eigenvalue weighted by Gasteiger charge is -2.20. The van der Waals surface area contributed by atoms with E-state index in [0.717, 1.165) is 6.42 Å². The monoisotopic (exact) mass is 344 g/mol. The van der Waals surface area contributed by atoms with Gasteiger partial charge >= 0.3 is 5.97 Å². The Bertz CT molecular complexity index is 538. The number of likely N-dealkylation sites (tertiary alicyclic amines) is 1. The van der Waals surface area contributed by atoms with Crippen molar-refractivity contribution in [1.29, 1.82) is 0 Å². The fourth-order valence-electron chi connectivity index (χ4n) is 2.26. The SMILES string of the molecule is O=C(CN1CCCC1C(=O)O)Nc1ccc(Br)cc1F. The molecule has 1 heterocycles. The van der Waals surface area contributed by atoms with Crippen LogP contribution < -0.4 is 5.32 Å². The van der Waals surface area contributed by atoms with Gasteiger partial charge in [-0.05, 0) is 37.6 Å². The molecule has 1 amide bonds. The van der Waals surface area contributed by atoms with E-state index in [1.165, 1.54) is 12.1 Å². The summed E-state index contributed by atoms with van der Waals surface area (Å²) in [6.07, 6.45) is 1.28. The van der Waals surface area contributed by atoms with Crippen LogP contribution in [0.3, 0.4) is 0 Å². The van der Waals surface area contributed by atoms with E-state index in [9.17, 15) is 14.0 Å². The largest absolute Gasteiger partial charge is 0.480 e. The van der Waals surface area contributed by atoms with Gasteiger partial charge in [-0.15, -0.1) is 0 Å². The van der Waals surface area contributed by atoms with E-state index in [4.69, 9.17) is 5.11 Å². The van der Waals surface area contributed by atoms with Crippen molar-refractivity contribution in [2.45, 2.75) is 18.9 Å². The zero-order valence-electron chi connectivity index (χ0n) is 10.6. The molecule has 2 N–H and O–H groups in total. The van der Waals surface area contributed by atoms with Crippen LogP contribution >= 0.6 is 15.9 Å². The molecule has 1 atom stereocenters. The maximum absolute atomic E-state index is 13.6. The summed E-state index contributed by atoms with van der Waals surface area (Å²) in [6.45, 7) is 0.514. The number of halogens is 2. The second-order valence-electron chi connectivity index (χ2n) is 4.64. The van der Waals surface area contributed by atoms with Gasteiger partial charge in [0.25, 0.3) is 0 Å². The number of carboxylic acid groups (broad SMARTS) is 1. The Balaban J connectivity index is 1.97. The third-order valence-electron chi connectivity index (χ3n) is 3.20. The van der Waals surface area contributed by atoms with Crippen molar-refractivity contribution in [3.05, 3.63) is 28.5 Å². The average molecular weight is 345 g/mol. The number of benzene rings is 1. The molecule has 0 aliphatic carbocycles. The molecule has 0 aromatic heterocycles. The Kier molecular flexibility index (Phi) is 4.72. The first-order valence-electron chi connectivity index (χ1n) is 6.19. The van der Waals surface area contributed by atoms with Gasteiger partial charge in [-0.1, -0.05) is 15.9 Å². The molecule has 1 aliphatic rings. The number of anilines is 1. The fourth-order valence-corrected chi connectivity index (χ4v) is 2.59. The third-order valence-corrected chi connectivity index (χ3v) is 3.69. The molecule has 1 unspecified atom stereocenters. The van der Waals surface area contributed by atoms with Crippen molar-refractivity contribution in [2.75, 3.05) is 18.4 Å². The molecule has 0 bridgehead atoms. The van der Waals surface area contributed by atoms with Crippen LogP contribution in [-0.4, -0.2) is 41.0 Å². The number of aliphatic carboxylic acids is 1. The molecule has 1 fully saturated rings. The van der Waals surface area contributed by atoms with Crippen LogP contribution in [0.4, 0.5) is 10.1 Å². The highest BCUT2D eigenvalue weighted by atomic mass is 79.9. The second-order valence-corrected chi connectivity index (χ2v) is 5.55. The van der Waals surface area contributed by atoms with Crippen molar-refractivity contribution in [2.24, 2.45) is 0 Å². The Morgan fingerprint density at radius 3 is 2.90 bits per heavy atom. The Hall–Kier alpha value is -1.47. The summed E-state index contributed by atoms with van der Waals surface area (Å²) in [4.78, 5) is 24.4. The average Bonchev–Trinajstić information content (AvgIpc) is 2.81. The highest BCUT2D eigenvalue weighted by molar-refractivity contribution is 9.10. The molecule has 108 valence electrons. The molecule has 0 spiro atoms. The number of hydrogen-bond donors (Lipinski definition) is 2. The van der Waals surface area contributed by atoms with Gasteiger partial charge in [-0.2, -0.15) is 0 Å². The number of amides is 1. The van der Waals surface area contributed by atoms with E-state index >= 15 is 0 Å². The lowest BCUT2D eigenvalue weighted by atomic mass is 10.2. The van der Waals surface area contributed by atoms with Crippen LogP contribution in [0.2, 0.25) is 0 Å². The van der Waals surface area contributed by atoms with Crippen LogP contribution in [0.25, 0.3) is 0 Å². The molecule has 20 heavy (non-hydrogen) atoms. The van der Waals surface area contributed by atoms with Crippen LogP contribution in [-0.2, 0) is 9.59 Å². The number of carbonyl (C=O) groups excluding carboxylic acids is 1. The summed E-state index contributed by atoms with van der Waals surface area (Å²) < 4.78 is 14.2. The van der Waals surface area contributed by atoms with Crippen molar-refractivity contribution in [1.82, 2.24) is 4.90 Å². The van der Waals surface area contributed by atoms with Gasteiger partial charge in [0, 0.05) is 4.47 Å². The van der Waals surface area contributed by atoms with E-state index in [1.807, 2.05) is 0 Å². The lowest BCUT2D eigenvalue weighted by molar-refractivity contribution is -0.142. The van der Waals surface area contributed by atoms with Gasteiger partial charge in [0.1, 0.15) is 11.9 Å². The zero-order valence-corrected chi connectivity index (χ0v) is 12.2. The van der Waals surface area contributed by atoms with Crippen molar-refractivity contribution >= 4 is 33.5 Å². The van der Waals surface area contributed by atoms with Gasteiger partial charge < -0.3 is 10.4 Å². The molecule has 1 aliphatic heterocycles. The number of nitrogens with one attached hydrogen (secondary N) is 1. The first kappa shape index (κ1) is 14.9. The molecule has 1 saturated heterocycles. The predicted molar refractivity (Wildman–Crippen MR) is 75.0 cm³/mol. The maximum atomic E-state index is 13.6. The molecule has 2 rings (SSSR count). The van der Waals surface area contributed by atoms with E-state index in [2.05, 4.69) is 21.2 Å². The molecular weight excluding hydrogens is 331 g/mol. The molecular formula is C13H14BrFN2O3. The first-order chi connectivity index (χ1) is 9.47. The Morgan fingerprint density at radius 1 is 1.50 bits per heavy atom. The highest BCUT2D eigenvalue weighted by Crippen LogP contribution is 2.20. The minimum Gasteiger partial charge on any atom is -0.480 e.